The van der Waals surface area contributed by atoms with Crippen LogP contribution in [-0.4, -0.2) is 11.7 Å². The zero-order valence-corrected chi connectivity index (χ0v) is 9.81. The first-order valence-corrected chi connectivity index (χ1v) is 5.98. The normalized spacial score (nSPS) is 8.67. The lowest BCUT2D eigenvalue weighted by Crippen LogP contribution is -1.78. The summed E-state index contributed by atoms with van der Waals surface area (Å²) in [4.78, 5) is 0. The van der Waals surface area contributed by atoms with Crippen LogP contribution in [0.2, 0.25) is 0 Å². The molecule has 0 atom stereocenters. The number of aliphatic hydroxyl groups is 1. The van der Waals surface area contributed by atoms with Crippen molar-refractivity contribution < 1.29 is 5.11 Å². The van der Waals surface area contributed by atoms with Crippen molar-refractivity contribution in [2.24, 2.45) is 0 Å². The van der Waals surface area contributed by atoms with Gasteiger partial charge in [-0.15, -0.1) is 0 Å². The first kappa shape index (κ1) is 14.1. The monoisotopic (exact) mass is 206 g/mol. The Bertz CT molecular complexity index is 234. The molecule has 0 aromatic carbocycles. The summed E-state index contributed by atoms with van der Waals surface area (Å²) in [6, 6.07) is 0. The Kier molecular flexibility index (Phi) is 12.3. The van der Waals surface area contributed by atoms with Crippen molar-refractivity contribution in [3.63, 3.8) is 0 Å². The van der Waals surface area contributed by atoms with Gasteiger partial charge < -0.3 is 5.11 Å². The van der Waals surface area contributed by atoms with Gasteiger partial charge in [-0.2, -0.15) is 0 Å². The molecule has 84 valence electrons. The van der Waals surface area contributed by atoms with E-state index in [9.17, 15) is 0 Å². The number of hydrogen-bond donors (Lipinski definition) is 1. The molecule has 15 heavy (non-hydrogen) atoms. The lowest BCUT2D eigenvalue weighted by atomic mass is 10.1. The van der Waals surface area contributed by atoms with Crippen LogP contribution in [0.25, 0.3) is 0 Å². The number of rotatable bonds is 7. The van der Waals surface area contributed by atoms with Crippen LogP contribution in [0.5, 0.6) is 0 Å². The molecular formula is C14H22O. The predicted molar refractivity (Wildman–Crippen MR) is 65.2 cm³/mol. The molecule has 1 heteroatoms. The third-order valence-corrected chi connectivity index (χ3v) is 2.22. The summed E-state index contributed by atoms with van der Waals surface area (Å²) in [5, 5.41) is 8.37. The molecular weight excluding hydrogens is 184 g/mol. The third-order valence-electron chi connectivity index (χ3n) is 2.22. The highest BCUT2D eigenvalue weighted by Crippen LogP contribution is 2.07. The smallest absolute Gasteiger partial charge is 0.105 e. The fourth-order valence-corrected chi connectivity index (χ4v) is 1.36. The van der Waals surface area contributed by atoms with E-state index in [0.717, 1.165) is 6.42 Å². The minimum absolute atomic E-state index is 0.0912. The second-order valence-corrected chi connectivity index (χ2v) is 3.63. The van der Waals surface area contributed by atoms with Gasteiger partial charge in [-0.25, -0.2) is 0 Å². The quantitative estimate of drug-likeness (QED) is 0.501. The Morgan fingerprint density at radius 3 is 2.07 bits per heavy atom. The van der Waals surface area contributed by atoms with E-state index in [1.165, 1.54) is 44.9 Å². The van der Waals surface area contributed by atoms with Crippen LogP contribution in [0.15, 0.2) is 0 Å². The predicted octanol–water partition coefficient (Wildman–Crippen LogP) is 3.13. The van der Waals surface area contributed by atoms with Crippen molar-refractivity contribution in [2.75, 3.05) is 6.61 Å². The van der Waals surface area contributed by atoms with Crippen molar-refractivity contribution in [3.8, 4) is 23.7 Å². The van der Waals surface area contributed by atoms with Gasteiger partial charge in [0.15, 0.2) is 0 Å². The van der Waals surface area contributed by atoms with Crippen molar-refractivity contribution in [2.45, 2.75) is 58.3 Å². The maximum Gasteiger partial charge on any atom is 0.105 e. The van der Waals surface area contributed by atoms with Crippen LogP contribution in [0.4, 0.5) is 0 Å². The topological polar surface area (TPSA) is 20.2 Å². The summed E-state index contributed by atoms with van der Waals surface area (Å²) in [5.74, 6) is 10.8. The Morgan fingerprint density at radius 1 is 0.800 bits per heavy atom. The van der Waals surface area contributed by atoms with Gasteiger partial charge in [0.25, 0.3) is 0 Å². The van der Waals surface area contributed by atoms with Gasteiger partial charge in [0.1, 0.15) is 6.61 Å². The minimum Gasteiger partial charge on any atom is -0.384 e. The van der Waals surface area contributed by atoms with Crippen LogP contribution in [0, 0.1) is 23.7 Å². The van der Waals surface area contributed by atoms with E-state index in [2.05, 4.69) is 30.6 Å². The van der Waals surface area contributed by atoms with Gasteiger partial charge in [0.05, 0.1) is 0 Å². The van der Waals surface area contributed by atoms with Crippen molar-refractivity contribution in [1.82, 2.24) is 0 Å². The van der Waals surface area contributed by atoms with Crippen molar-refractivity contribution in [1.29, 1.82) is 0 Å². The number of unbranched alkanes of at least 4 members (excludes halogenated alkanes) is 7. The van der Waals surface area contributed by atoms with E-state index >= 15 is 0 Å². The van der Waals surface area contributed by atoms with Crippen LogP contribution >= 0.6 is 0 Å². The van der Waals surface area contributed by atoms with E-state index in [0.29, 0.717) is 0 Å². The number of hydrogen-bond acceptors (Lipinski definition) is 1. The van der Waals surface area contributed by atoms with E-state index in [4.69, 9.17) is 5.11 Å². The van der Waals surface area contributed by atoms with Crippen LogP contribution in [-0.2, 0) is 0 Å². The van der Waals surface area contributed by atoms with Gasteiger partial charge in [-0.1, -0.05) is 57.3 Å². The molecule has 0 aliphatic carbocycles. The fraction of sp³-hybridized carbons (Fsp3) is 0.714. The lowest BCUT2D eigenvalue weighted by Gasteiger charge is -1.97. The maximum absolute atomic E-state index is 8.37. The van der Waals surface area contributed by atoms with Crippen LogP contribution in [0.1, 0.15) is 58.3 Å². The third kappa shape index (κ3) is 13.1. The fourth-order valence-electron chi connectivity index (χ4n) is 1.36. The van der Waals surface area contributed by atoms with E-state index in [1.54, 1.807) is 0 Å². The van der Waals surface area contributed by atoms with Crippen molar-refractivity contribution >= 4 is 0 Å². The zero-order valence-electron chi connectivity index (χ0n) is 9.81. The molecule has 1 N–H and O–H groups in total. The Labute approximate surface area is 94.3 Å². The molecule has 0 saturated carbocycles. The van der Waals surface area contributed by atoms with E-state index in [-0.39, 0.29) is 6.61 Å². The summed E-state index contributed by atoms with van der Waals surface area (Å²) in [6.07, 6.45) is 10.2. The van der Waals surface area contributed by atoms with Crippen molar-refractivity contribution in [3.05, 3.63) is 0 Å². The molecule has 0 amide bonds. The molecule has 0 aliphatic heterocycles. The number of aliphatic hydroxyl groups excluding tert-OH is 1. The first-order valence-electron chi connectivity index (χ1n) is 5.98. The Morgan fingerprint density at radius 2 is 1.40 bits per heavy atom. The highest BCUT2D eigenvalue weighted by atomic mass is 16.2. The molecule has 0 radical (unpaired) electrons. The second kappa shape index (κ2) is 13.1. The molecule has 0 bridgehead atoms. The SMILES string of the molecule is CCCCCCCCCC#CC#CCO. The summed E-state index contributed by atoms with van der Waals surface area (Å²) in [6.45, 7) is 2.15. The van der Waals surface area contributed by atoms with Crippen LogP contribution in [0.3, 0.4) is 0 Å². The highest BCUT2D eigenvalue weighted by molar-refractivity contribution is 5.25. The Hall–Kier alpha value is -0.920. The Balaban J connectivity index is 3.13. The maximum atomic E-state index is 8.37. The molecule has 0 aromatic heterocycles. The molecule has 0 rings (SSSR count). The molecule has 0 fully saturated rings. The zero-order chi connectivity index (χ0) is 11.2. The van der Waals surface area contributed by atoms with Crippen LogP contribution < -0.4 is 0 Å². The molecule has 0 spiro atoms. The molecule has 0 aromatic rings. The first-order chi connectivity index (χ1) is 7.41. The lowest BCUT2D eigenvalue weighted by molar-refractivity contribution is 0.350. The highest BCUT2D eigenvalue weighted by Gasteiger charge is 1.88. The molecule has 0 heterocycles. The average molecular weight is 206 g/mol. The summed E-state index contributed by atoms with van der Waals surface area (Å²) < 4.78 is 0. The van der Waals surface area contributed by atoms with Gasteiger partial charge in [0, 0.05) is 6.42 Å². The average Bonchev–Trinajstić information content (AvgIpc) is 2.26. The van der Waals surface area contributed by atoms with E-state index < -0.39 is 0 Å². The van der Waals surface area contributed by atoms with Gasteiger partial charge in [-0.3, -0.25) is 0 Å². The minimum atomic E-state index is -0.0912. The molecule has 0 saturated heterocycles. The second-order valence-electron chi connectivity index (χ2n) is 3.63. The van der Waals surface area contributed by atoms with Gasteiger partial charge in [-0.05, 0) is 18.3 Å². The summed E-state index contributed by atoms with van der Waals surface area (Å²) >= 11 is 0. The standard InChI is InChI=1S/C14H22O/c1-2-3-4-5-6-7-8-9-10-11-12-13-14-15/h15H,2-9,14H2,1H3. The van der Waals surface area contributed by atoms with E-state index in [1.807, 2.05) is 0 Å². The summed E-state index contributed by atoms with van der Waals surface area (Å²) in [5.41, 5.74) is 0. The summed E-state index contributed by atoms with van der Waals surface area (Å²) in [7, 11) is 0. The van der Waals surface area contributed by atoms with Gasteiger partial charge in [0.2, 0.25) is 0 Å². The van der Waals surface area contributed by atoms with Gasteiger partial charge >= 0.3 is 0 Å². The molecule has 1 nitrogen and oxygen atoms in total. The molecule has 0 aliphatic rings. The largest absolute Gasteiger partial charge is 0.384 e. The molecule has 0 unspecified atom stereocenters.